The molecular formula is C11H18OSi. The van der Waals surface area contributed by atoms with E-state index >= 15 is 0 Å². The van der Waals surface area contributed by atoms with E-state index in [1.807, 2.05) is 24.8 Å². The van der Waals surface area contributed by atoms with Gasteiger partial charge in [0.25, 0.3) is 0 Å². The second-order valence-corrected chi connectivity index (χ2v) is 8.67. The van der Waals surface area contributed by atoms with Gasteiger partial charge in [-0.15, -0.1) is 6.58 Å². The van der Waals surface area contributed by atoms with Crippen molar-refractivity contribution in [3.8, 4) is 0 Å². The van der Waals surface area contributed by atoms with Crippen LogP contribution in [0.2, 0.25) is 13.1 Å². The summed E-state index contributed by atoms with van der Waals surface area (Å²) in [6.07, 6.45) is 5.84. The van der Waals surface area contributed by atoms with E-state index in [1.165, 1.54) is 5.20 Å². The van der Waals surface area contributed by atoms with Crippen molar-refractivity contribution in [3.05, 3.63) is 35.7 Å². The molecular weight excluding hydrogens is 176 g/mol. The van der Waals surface area contributed by atoms with Crippen LogP contribution in [0, 0.1) is 5.92 Å². The Kier molecular flexibility index (Phi) is 2.93. The summed E-state index contributed by atoms with van der Waals surface area (Å²) >= 11 is 0. The molecule has 13 heavy (non-hydrogen) atoms. The molecule has 0 aromatic rings. The van der Waals surface area contributed by atoms with Crippen molar-refractivity contribution < 1.29 is 5.11 Å². The van der Waals surface area contributed by atoms with Crippen molar-refractivity contribution in [2.24, 2.45) is 5.92 Å². The van der Waals surface area contributed by atoms with Gasteiger partial charge >= 0.3 is 0 Å². The second kappa shape index (κ2) is 3.64. The number of allylic oxidation sites excluding steroid dienone is 2. The van der Waals surface area contributed by atoms with Crippen LogP contribution >= 0.6 is 0 Å². The summed E-state index contributed by atoms with van der Waals surface area (Å²) in [7, 11) is -1.56. The van der Waals surface area contributed by atoms with Gasteiger partial charge in [-0.25, -0.2) is 0 Å². The Morgan fingerprint density at radius 3 is 2.69 bits per heavy atom. The monoisotopic (exact) mass is 194 g/mol. The van der Waals surface area contributed by atoms with Crippen molar-refractivity contribution in [2.45, 2.75) is 26.1 Å². The normalized spacial score (nSPS) is 28.5. The predicted molar refractivity (Wildman–Crippen MR) is 60.1 cm³/mol. The van der Waals surface area contributed by atoms with E-state index in [0.29, 0.717) is 0 Å². The summed E-state index contributed by atoms with van der Waals surface area (Å²) in [5.41, 5.74) is 2.02. The highest BCUT2D eigenvalue weighted by molar-refractivity contribution is 6.88. The standard InChI is InChI=1S/C11H18OSi/c1-5-13(3,4)10-8-6-7-9(2)11(10)12/h5-9,11-12H,1H2,2-4H3/t9-,11-/m0/s1. The predicted octanol–water partition coefficient (Wildman–Crippen LogP) is 2.45. The molecule has 0 aromatic heterocycles. The van der Waals surface area contributed by atoms with Gasteiger partial charge in [-0.1, -0.05) is 43.9 Å². The lowest BCUT2D eigenvalue weighted by atomic mass is 10.00. The number of aliphatic hydroxyl groups excluding tert-OH is 1. The number of aliphatic hydroxyl groups is 1. The van der Waals surface area contributed by atoms with E-state index in [2.05, 4.69) is 25.7 Å². The van der Waals surface area contributed by atoms with Crippen LogP contribution in [0.3, 0.4) is 0 Å². The van der Waals surface area contributed by atoms with Gasteiger partial charge in [-0.2, -0.15) is 0 Å². The van der Waals surface area contributed by atoms with Crippen LogP contribution in [-0.4, -0.2) is 19.3 Å². The first-order valence-electron chi connectivity index (χ1n) is 4.69. The average molecular weight is 194 g/mol. The molecule has 0 heterocycles. The minimum absolute atomic E-state index is 0.242. The Morgan fingerprint density at radius 2 is 2.15 bits per heavy atom. The van der Waals surface area contributed by atoms with E-state index in [0.717, 1.165) is 0 Å². The Labute approximate surface area is 81.5 Å². The maximum absolute atomic E-state index is 9.97. The van der Waals surface area contributed by atoms with Crippen molar-refractivity contribution in [3.63, 3.8) is 0 Å². The molecule has 0 saturated heterocycles. The van der Waals surface area contributed by atoms with E-state index in [4.69, 9.17) is 0 Å². The summed E-state index contributed by atoms with van der Waals surface area (Å²) < 4.78 is 0. The fourth-order valence-corrected chi connectivity index (χ4v) is 3.32. The minimum Gasteiger partial charge on any atom is -0.389 e. The Bertz CT molecular complexity index is 263. The topological polar surface area (TPSA) is 20.2 Å². The zero-order valence-electron chi connectivity index (χ0n) is 8.62. The Morgan fingerprint density at radius 1 is 1.54 bits per heavy atom. The zero-order valence-corrected chi connectivity index (χ0v) is 9.62. The third-order valence-corrected chi connectivity index (χ3v) is 5.73. The summed E-state index contributed by atoms with van der Waals surface area (Å²) in [6.45, 7) is 10.3. The summed E-state index contributed by atoms with van der Waals surface area (Å²) in [5, 5.41) is 11.2. The van der Waals surface area contributed by atoms with Gasteiger partial charge in [-0.05, 0) is 5.20 Å². The molecule has 72 valence electrons. The first-order chi connectivity index (χ1) is 5.99. The molecule has 0 saturated carbocycles. The third kappa shape index (κ3) is 2.01. The highest BCUT2D eigenvalue weighted by atomic mass is 28.3. The number of hydrogen-bond acceptors (Lipinski definition) is 1. The molecule has 0 spiro atoms. The Balaban J connectivity index is 2.98. The molecule has 2 atom stereocenters. The minimum atomic E-state index is -1.56. The number of rotatable bonds is 2. The van der Waals surface area contributed by atoms with Crippen LogP contribution in [0.1, 0.15) is 6.92 Å². The van der Waals surface area contributed by atoms with Crippen molar-refractivity contribution in [1.82, 2.24) is 0 Å². The molecule has 0 aromatic carbocycles. The van der Waals surface area contributed by atoms with Crippen molar-refractivity contribution in [2.75, 3.05) is 0 Å². The maximum atomic E-state index is 9.97. The van der Waals surface area contributed by atoms with Gasteiger partial charge in [-0.3, -0.25) is 0 Å². The van der Waals surface area contributed by atoms with E-state index < -0.39 is 8.07 Å². The lowest BCUT2D eigenvalue weighted by molar-refractivity contribution is 0.178. The van der Waals surface area contributed by atoms with E-state index in [9.17, 15) is 5.11 Å². The molecule has 0 bridgehead atoms. The van der Waals surface area contributed by atoms with Crippen LogP contribution in [-0.2, 0) is 0 Å². The fourth-order valence-electron chi connectivity index (χ4n) is 1.54. The molecule has 1 aliphatic carbocycles. The highest BCUT2D eigenvalue weighted by Crippen LogP contribution is 2.27. The largest absolute Gasteiger partial charge is 0.389 e. The first kappa shape index (κ1) is 10.5. The molecule has 1 N–H and O–H groups in total. The summed E-state index contributed by atoms with van der Waals surface area (Å²) in [4.78, 5) is 0. The fraction of sp³-hybridized carbons (Fsp3) is 0.455. The molecule has 0 radical (unpaired) electrons. The van der Waals surface area contributed by atoms with Gasteiger partial charge in [0, 0.05) is 5.92 Å². The van der Waals surface area contributed by atoms with Gasteiger partial charge in [0.15, 0.2) is 0 Å². The second-order valence-electron chi connectivity index (χ2n) is 4.24. The lowest BCUT2D eigenvalue weighted by Gasteiger charge is -2.30. The van der Waals surface area contributed by atoms with Crippen molar-refractivity contribution in [1.29, 1.82) is 0 Å². The highest BCUT2D eigenvalue weighted by Gasteiger charge is 2.30. The smallest absolute Gasteiger partial charge is 0.102 e. The molecule has 2 heteroatoms. The Hall–Kier alpha value is -0.603. The van der Waals surface area contributed by atoms with Gasteiger partial charge in [0.05, 0.1) is 6.10 Å². The molecule has 0 fully saturated rings. The molecule has 0 amide bonds. The van der Waals surface area contributed by atoms with Gasteiger partial charge < -0.3 is 5.11 Å². The molecule has 0 aliphatic heterocycles. The van der Waals surface area contributed by atoms with Gasteiger partial charge in [0.2, 0.25) is 0 Å². The SMILES string of the molecule is C=C[Si](C)(C)C1=CC=C[C@H](C)[C@@H]1O. The maximum Gasteiger partial charge on any atom is 0.102 e. The first-order valence-corrected chi connectivity index (χ1v) is 7.77. The van der Waals surface area contributed by atoms with Crippen molar-refractivity contribution >= 4 is 8.07 Å². The quantitative estimate of drug-likeness (QED) is 0.670. The molecule has 1 aliphatic rings. The molecule has 0 unspecified atom stereocenters. The van der Waals surface area contributed by atoms with E-state index in [1.54, 1.807) is 0 Å². The summed E-state index contributed by atoms with van der Waals surface area (Å²) in [5.74, 6) is 0.242. The third-order valence-electron chi connectivity index (χ3n) is 2.76. The van der Waals surface area contributed by atoms with Crippen LogP contribution in [0.5, 0.6) is 0 Å². The molecule has 1 rings (SSSR count). The average Bonchev–Trinajstić information content (AvgIpc) is 2.09. The van der Waals surface area contributed by atoms with Crippen LogP contribution < -0.4 is 0 Å². The zero-order chi connectivity index (χ0) is 10.1. The van der Waals surface area contributed by atoms with Crippen LogP contribution in [0.4, 0.5) is 0 Å². The summed E-state index contributed by atoms with van der Waals surface area (Å²) in [6, 6.07) is 0. The molecule has 1 nitrogen and oxygen atoms in total. The van der Waals surface area contributed by atoms with E-state index in [-0.39, 0.29) is 12.0 Å². The van der Waals surface area contributed by atoms with Crippen LogP contribution in [0.25, 0.3) is 0 Å². The van der Waals surface area contributed by atoms with Gasteiger partial charge in [0.1, 0.15) is 8.07 Å². The number of hydrogen-bond donors (Lipinski definition) is 1. The van der Waals surface area contributed by atoms with Crippen LogP contribution in [0.15, 0.2) is 35.7 Å². The lowest BCUT2D eigenvalue weighted by Crippen LogP contribution is -2.37.